The summed E-state index contributed by atoms with van der Waals surface area (Å²) in [4.78, 5) is 28.3. The molecule has 1 aliphatic heterocycles. The minimum atomic E-state index is -0.890. The molecule has 1 fully saturated rings. The van der Waals surface area contributed by atoms with Gasteiger partial charge in [0.15, 0.2) is 0 Å². The van der Waals surface area contributed by atoms with Gasteiger partial charge >= 0.3 is 5.97 Å². The molecular weight excluding hydrogens is 322 g/mol. The second kappa shape index (κ2) is 6.40. The molecule has 1 aromatic heterocycles. The maximum absolute atomic E-state index is 12.7. The number of carbonyl (C=O) groups is 2. The van der Waals surface area contributed by atoms with Crippen LogP contribution in [0.15, 0.2) is 36.4 Å². The molecule has 0 saturated carbocycles. The summed E-state index contributed by atoms with van der Waals surface area (Å²) in [5, 5.41) is 9.82. The zero-order chi connectivity index (χ0) is 17.3. The van der Waals surface area contributed by atoms with Crippen LogP contribution in [0.25, 0.3) is 0 Å². The lowest BCUT2D eigenvalue weighted by Gasteiger charge is -2.39. The fourth-order valence-corrected chi connectivity index (χ4v) is 4.31. The van der Waals surface area contributed by atoms with Crippen molar-refractivity contribution in [2.24, 2.45) is 0 Å². The lowest BCUT2D eigenvalue weighted by Crippen LogP contribution is -2.49. The number of carboxylic acid groups (broad SMARTS) is 1. The highest BCUT2D eigenvalue weighted by atomic mass is 32.1. The third-order valence-corrected chi connectivity index (χ3v) is 6.16. The van der Waals surface area contributed by atoms with E-state index in [0.717, 1.165) is 20.9 Å². The number of nitrogens with zero attached hydrogens (tertiary/aromatic N) is 1. The summed E-state index contributed by atoms with van der Waals surface area (Å²) in [6.45, 7) is 4.95. The lowest BCUT2D eigenvalue weighted by molar-refractivity contribution is -0.145. The Morgan fingerprint density at radius 3 is 2.25 bits per heavy atom. The third kappa shape index (κ3) is 2.84. The number of piperidine rings is 1. The van der Waals surface area contributed by atoms with Crippen molar-refractivity contribution < 1.29 is 14.7 Å². The number of aryl methyl sites for hydroxylation is 2. The number of rotatable bonds is 3. The molecule has 0 radical (unpaired) electrons. The summed E-state index contributed by atoms with van der Waals surface area (Å²) in [6, 6.07) is 11.3. The molecular formula is C19H21NO3S. The van der Waals surface area contributed by atoms with Crippen LogP contribution in [-0.4, -0.2) is 35.0 Å². The molecule has 126 valence electrons. The van der Waals surface area contributed by atoms with Crippen LogP contribution in [0.1, 0.15) is 38.5 Å². The van der Waals surface area contributed by atoms with Crippen molar-refractivity contribution in [1.29, 1.82) is 0 Å². The van der Waals surface area contributed by atoms with Crippen LogP contribution in [0.3, 0.4) is 0 Å². The molecule has 0 unspecified atom stereocenters. The minimum absolute atomic E-state index is 0.0169. The standard InChI is InChI=1S/C19H21NO3S/c1-13-12-16(24-14(13)2)17(21)20-10-8-19(9-11-20,18(22)23)15-6-4-3-5-7-15/h3-7,12H,8-11H2,1-2H3,(H,22,23). The van der Waals surface area contributed by atoms with Crippen LogP contribution in [-0.2, 0) is 10.2 Å². The molecule has 0 atom stereocenters. The van der Waals surface area contributed by atoms with Crippen molar-refractivity contribution in [1.82, 2.24) is 4.90 Å². The number of likely N-dealkylation sites (tertiary alicyclic amines) is 1. The van der Waals surface area contributed by atoms with Crippen molar-refractivity contribution in [2.75, 3.05) is 13.1 Å². The van der Waals surface area contributed by atoms with Gasteiger partial charge in [-0.2, -0.15) is 0 Å². The van der Waals surface area contributed by atoms with E-state index >= 15 is 0 Å². The molecule has 2 heterocycles. The molecule has 24 heavy (non-hydrogen) atoms. The Balaban J connectivity index is 1.79. The van der Waals surface area contributed by atoms with Crippen molar-refractivity contribution in [3.05, 3.63) is 57.3 Å². The van der Waals surface area contributed by atoms with Gasteiger partial charge in [0.2, 0.25) is 0 Å². The maximum Gasteiger partial charge on any atom is 0.314 e. The average molecular weight is 343 g/mol. The van der Waals surface area contributed by atoms with E-state index < -0.39 is 11.4 Å². The van der Waals surface area contributed by atoms with Gasteiger partial charge in [0.25, 0.3) is 5.91 Å². The lowest BCUT2D eigenvalue weighted by atomic mass is 9.73. The predicted molar refractivity (Wildman–Crippen MR) is 94.7 cm³/mol. The van der Waals surface area contributed by atoms with Gasteiger partial charge in [-0.3, -0.25) is 9.59 Å². The van der Waals surface area contributed by atoms with Crippen molar-refractivity contribution in [2.45, 2.75) is 32.1 Å². The van der Waals surface area contributed by atoms with E-state index in [1.165, 1.54) is 11.3 Å². The molecule has 0 bridgehead atoms. The number of benzene rings is 1. The Labute approximate surface area is 145 Å². The summed E-state index contributed by atoms with van der Waals surface area (Å²) in [5.41, 5.74) is 1.07. The van der Waals surface area contributed by atoms with Gasteiger partial charge < -0.3 is 10.0 Å². The van der Waals surface area contributed by atoms with Crippen LogP contribution >= 0.6 is 11.3 Å². The first kappa shape index (κ1) is 16.7. The fourth-order valence-electron chi connectivity index (χ4n) is 3.31. The van der Waals surface area contributed by atoms with E-state index in [4.69, 9.17) is 0 Å². The smallest absolute Gasteiger partial charge is 0.314 e. The zero-order valence-electron chi connectivity index (χ0n) is 13.9. The number of thiophene rings is 1. The Bertz CT molecular complexity index is 739. The topological polar surface area (TPSA) is 57.6 Å². The Morgan fingerprint density at radius 2 is 1.75 bits per heavy atom. The zero-order valence-corrected chi connectivity index (χ0v) is 14.7. The highest BCUT2D eigenvalue weighted by Crippen LogP contribution is 2.36. The number of carbonyl (C=O) groups excluding carboxylic acids is 1. The predicted octanol–water partition coefficient (Wildman–Crippen LogP) is 3.62. The summed E-state index contributed by atoms with van der Waals surface area (Å²) < 4.78 is 0. The SMILES string of the molecule is Cc1cc(C(=O)N2CCC(C(=O)O)(c3ccccc3)CC2)sc1C. The molecule has 5 heteroatoms. The minimum Gasteiger partial charge on any atom is -0.481 e. The highest BCUT2D eigenvalue weighted by Gasteiger charge is 2.44. The van der Waals surface area contributed by atoms with Crippen molar-refractivity contribution in [3.8, 4) is 0 Å². The Morgan fingerprint density at radius 1 is 1.12 bits per heavy atom. The summed E-state index contributed by atoms with van der Waals surface area (Å²) in [5.74, 6) is -0.785. The maximum atomic E-state index is 12.7. The number of aliphatic carboxylic acids is 1. The van der Waals surface area contributed by atoms with E-state index in [0.29, 0.717) is 25.9 Å². The molecule has 3 rings (SSSR count). The quantitative estimate of drug-likeness (QED) is 0.926. The van der Waals surface area contributed by atoms with Crippen LogP contribution in [0, 0.1) is 13.8 Å². The van der Waals surface area contributed by atoms with Gasteiger partial charge in [-0.05, 0) is 43.9 Å². The van der Waals surface area contributed by atoms with Gasteiger partial charge in [0.1, 0.15) is 0 Å². The first-order valence-corrected chi connectivity index (χ1v) is 8.91. The second-order valence-corrected chi connectivity index (χ2v) is 7.65. The number of carboxylic acids is 1. The largest absolute Gasteiger partial charge is 0.481 e. The van der Waals surface area contributed by atoms with Crippen LogP contribution in [0.4, 0.5) is 0 Å². The number of hydrogen-bond acceptors (Lipinski definition) is 3. The molecule has 1 N–H and O–H groups in total. The van der Waals surface area contributed by atoms with E-state index in [-0.39, 0.29) is 5.91 Å². The van der Waals surface area contributed by atoms with E-state index in [1.54, 1.807) is 4.90 Å². The van der Waals surface area contributed by atoms with Crippen molar-refractivity contribution >= 4 is 23.2 Å². The molecule has 1 aliphatic rings. The van der Waals surface area contributed by atoms with Gasteiger partial charge in [0.05, 0.1) is 10.3 Å². The third-order valence-electron chi connectivity index (χ3n) is 5.02. The number of amides is 1. The average Bonchev–Trinajstić information content (AvgIpc) is 2.94. The van der Waals surface area contributed by atoms with Crippen LogP contribution in [0.5, 0.6) is 0 Å². The van der Waals surface area contributed by atoms with E-state index in [2.05, 4.69) is 0 Å². The summed E-state index contributed by atoms with van der Waals surface area (Å²) >= 11 is 1.51. The fraction of sp³-hybridized carbons (Fsp3) is 0.368. The van der Waals surface area contributed by atoms with E-state index in [9.17, 15) is 14.7 Å². The van der Waals surface area contributed by atoms with Crippen LogP contribution in [0.2, 0.25) is 0 Å². The van der Waals surface area contributed by atoms with Gasteiger partial charge in [0, 0.05) is 18.0 Å². The monoisotopic (exact) mass is 343 g/mol. The Hall–Kier alpha value is -2.14. The van der Waals surface area contributed by atoms with E-state index in [1.807, 2.05) is 50.2 Å². The molecule has 1 amide bonds. The normalized spacial score (nSPS) is 16.8. The van der Waals surface area contributed by atoms with Gasteiger partial charge in [-0.15, -0.1) is 11.3 Å². The first-order valence-electron chi connectivity index (χ1n) is 8.09. The first-order chi connectivity index (χ1) is 11.4. The van der Waals surface area contributed by atoms with Crippen molar-refractivity contribution in [3.63, 3.8) is 0 Å². The molecule has 0 aliphatic carbocycles. The molecule has 0 spiro atoms. The molecule has 1 aromatic carbocycles. The molecule has 4 nitrogen and oxygen atoms in total. The Kier molecular flexibility index (Phi) is 4.45. The molecule has 1 saturated heterocycles. The second-order valence-electron chi connectivity index (χ2n) is 6.40. The van der Waals surface area contributed by atoms with Crippen LogP contribution < -0.4 is 0 Å². The highest BCUT2D eigenvalue weighted by molar-refractivity contribution is 7.14. The molecule has 2 aromatic rings. The summed E-state index contributed by atoms with van der Waals surface area (Å²) in [6.07, 6.45) is 0.892. The summed E-state index contributed by atoms with van der Waals surface area (Å²) in [7, 11) is 0. The number of hydrogen-bond donors (Lipinski definition) is 1. The van der Waals surface area contributed by atoms with Gasteiger partial charge in [-0.1, -0.05) is 30.3 Å². The van der Waals surface area contributed by atoms with Gasteiger partial charge in [-0.25, -0.2) is 0 Å².